The number of amides is 16. The van der Waals surface area contributed by atoms with Gasteiger partial charge in [0, 0.05) is 92.7 Å². The van der Waals surface area contributed by atoms with Crippen molar-refractivity contribution in [2.24, 2.45) is 101 Å². The number of anilines is 8. The van der Waals surface area contributed by atoms with Crippen molar-refractivity contribution in [3.63, 3.8) is 0 Å². The van der Waals surface area contributed by atoms with Crippen LogP contribution in [0.1, 0.15) is 233 Å². The van der Waals surface area contributed by atoms with Crippen molar-refractivity contribution in [3.05, 3.63) is 155 Å². The van der Waals surface area contributed by atoms with E-state index in [2.05, 4.69) is 24.1 Å². The fourth-order valence-corrected chi connectivity index (χ4v) is 25.1. The number of likely N-dealkylation sites (tertiary alicyclic amines) is 1. The van der Waals surface area contributed by atoms with E-state index in [0.717, 1.165) is 115 Å². The van der Waals surface area contributed by atoms with E-state index < -0.39 is 231 Å². The number of piperidine rings is 8. The SMILES string of the molecule is CCCCCCCCCCOC(=O)c1cc(N2C(=O)C3CC(C2=O)C2C(=O)N(c4cc(NC)cc(C(=O)OC)c4)C(=O)CC32)cc(N2C(=O)CC3C4CC(C(=O)N(c5ccc(N6C(=O)CC7C8CC(C(=O)N(c9cc(C(=O)Oc%10ccc(C%11CCC(CCCCCC)CC%11)cc%10)cc(N%10C(=O)CC%11C%12CC(C(=O)N(C)C%12=O)C%11C%10=O)c9)C8=O)C7C6=O)cc5C(=O)c5ccncc5)C4=O)C3C2=O)c1. The molecule has 8 saturated heterocycles. The first-order valence-electron chi connectivity index (χ1n) is 48.2. The minimum absolute atomic E-state index is 0.00471. The molecule has 19 rings (SSSR count). The van der Waals surface area contributed by atoms with E-state index in [4.69, 9.17) is 14.2 Å². The van der Waals surface area contributed by atoms with E-state index in [1.807, 2.05) is 12.1 Å². The van der Waals surface area contributed by atoms with Crippen LogP contribution in [-0.2, 0) is 86.2 Å². The van der Waals surface area contributed by atoms with Gasteiger partial charge in [-0.3, -0.25) is 111 Å². The first-order chi connectivity index (χ1) is 66.0. The lowest BCUT2D eigenvalue weighted by atomic mass is 9.77. The Kier molecular flexibility index (Phi) is 25.0. The van der Waals surface area contributed by atoms with Crippen LogP contribution < -0.4 is 44.4 Å². The van der Waals surface area contributed by atoms with E-state index in [0.29, 0.717) is 30.4 Å². The van der Waals surface area contributed by atoms with Crippen molar-refractivity contribution >= 4 is 164 Å². The molecule has 16 atom stereocenters. The molecular formula is C104H106N10O23. The topological polar surface area (TPSA) is 420 Å². The zero-order valence-corrected chi connectivity index (χ0v) is 76.7. The fourth-order valence-electron chi connectivity index (χ4n) is 25.1. The van der Waals surface area contributed by atoms with Crippen molar-refractivity contribution in [2.75, 3.05) is 67.4 Å². The van der Waals surface area contributed by atoms with Crippen molar-refractivity contribution < 1.29 is 110 Å². The monoisotopic (exact) mass is 1860 g/mol. The second-order valence-electron chi connectivity index (χ2n) is 39.3. The maximum absolute atomic E-state index is 15.8. The van der Waals surface area contributed by atoms with E-state index in [-0.39, 0.29) is 113 Å². The van der Waals surface area contributed by atoms with Crippen LogP contribution in [-0.4, -0.2) is 156 Å². The van der Waals surface area contributed by atoms with Crippen LogP contribution in [0.2, 0.25) is 0 Å². The molecule has 0 radical (unpaired) electrons. The molecule has 137 heavy (non-hydrogen) atoms. The maximum Gasteiger partial charge on any atom is 0.343 e. The highest BCUT2D eigenvalue weighted by Crippen LogP contribution is 2.59. The second kappa shape index (κ2) is 37.0. The van der Waals surface area contributed by atoms with Gasteiger partial charge in [-0.15, -0.1) is 0 Å². The fraction of sp³-hybridized carbons (Fsp3) is 0.471. The molecule has 13 aliphatic rings. The van der Waals surface area contributed by atoms with Gasteiger partial charge in [0.25, 0.3) is 0 Å². The summed E-state index contributed by atoms with van der Waals surface area (Å²) in [5.41, 5.74) is -1.46. The number of unbranched alkanes of at least 4 members (excludes halogenated alkanes) is 10. The summed E-state index contributed by atoms with van der Waals surface area (Å²) in [6.07, 6.45) is 17.8. The van der Waals surface area contributed by atoms with Crippen LogP contribution in [0, 0.1) is 101 Å². The predicted molar refractivity (Wildman–Crippen MR) is 490 cm³/mol. The zero-order valence-electron chi connectivity index (χ0n) is 76.7. The molecule has 6 aromatic rings. The molecule has 0 spiro atoms. The third kappa shape index (κ3) is 16.0. The van der Waals surface area contributed by atoms with E-state index in [1.165, 1.54) is 138 Å². The number of methoxy groups -OCH3 is 1. The number of nitrogens with zero attached hydrogens (tertiary/aromatic N) is 9. The number of carbonyl (C=O) groups is 20. The zero-order chi connectivity index (χ0) is 96.3. The molecule has 13 fully saturated rings. The molecule has 5 saturated carbocycles. The predicted octanol–water partition coefficient (Wildman–Crippen LogP) is 12.1. The summed E-state index contributed by atoms with van der Waals surface area (Å²) >= 11 is 0. The Labute approximate surface area is 788 Å². The van der Waals surface area contributed by atoms with E-state index in [9.17, 15) is 38.4 Å². The number of hydrogen-bond acceptors (Lipinski definition) is 25. The van der Waals surface area contributed by atoms with Gasteiger partial charge in [-0.25, -0.2) is 29.1 Å². The maximum atomic E-state index is 15.8. The normalized spacial score (nSPS) is 28.2. The second-order valence-corrected chi connectivity index (χ2v) is 39.3. The number of imide groups is 8. The number of carbonyl (C=O) groups excluding carboxylic acids is 20. The van der Waals surface area contributed by atoms with Gasteiger partial charge in [0.1, 0.15) is 5.75 Å². The Morgan fingerprint density at radius 3 is 1.24 bits per heavy atom. The highest BCUT2D eigenvalue weighted by molar-refractivity contribution is 6.31. The van der Waals surface area contributed by atoms with Gasteiger partial charge in [0.15, 0.2) is 5.78 Å². The molecule has 710 valence electrons. The van der Waals surface area contributed by atoms with Crippen molar-refractivity contribution in [3.8, 4) is 5.75 Å². The number of hydrogen-bond donors (Lipinski definition) is 1. The number of esters is 3. The van der Waals surface area contributed by atoms with Crippen LogP contribution in [0.4, 0.5) is 45.5 Å². The molecule has 5 aromatic carbocycles. The number of benzene rings is 5. The van der Waals surface area contributed by atoms with Crippen molar-refractivity contribution in [1.82, 2.24) is 9.88 Å². The lowest BCUT2D eigenvalue weighted by Crippen LogP contribution is -2.51. The number of ether oxygens (including phenoxy) is 3. The van der Waals surface area contributed by atoms with Crippen LogP contribution in [0.3, 0.4) is 0 Å². The Hall–Kier alpha value is -13.8. The standard InChI is InChI=1S/C104H106N10O23/c1-6-8-10-12-13-14-15-17-33-136-103(133)57-36-62(41-64(37-57)112-92(122)73-46-78(96(112)126)87-69(73)50-82(116)109(100(87)130)61-35-56(102(132)135-5)34-59(40-61)105-3)110-84(118)51-70-74-47-79(88(70)101(110)131)97(127)114(94(74)124)80-28-25-60(43-75(80)89(119)55-29-31-106-32-30-55)108-81(115)49-68-72-45-77(86(68)98(108)128)95(125)113(93(72)123)65-39-58(104(134)137-66-26-23-54(24-27-66)53-21-19-52(20-22-53)18-16-11-9-7-2)38-63(42-65)111-83(117)48-67-71-44-76(85(67)99(111)129)91(121)107(4)90(71)120/h23-32,34-43,52-53,67-74,76-79,85-88,105H,6-22,33,44-51H2,1-5H3. The summed E-state index contributed by atoms with van der Waals surface area (Å²) in [5, 5.41) is 2.90. The highest BCUT2D eigenvalue weighted by Gasteiger charge is 2.68. The number of ketones is 1. The van der Waals surface area contributed by atoms with E-state index in [1.54, 1.807) is 19.2 Å². The first-order valence-corrected chi connectivity index (χ1v) is 48.2. The molecule has 9 heterocycles. The van der Waals surface area contributed by atoms with Gasteiger partial charge in [0.05, 0.1) is 118 Å². The Morgan fingerprint density at radius 1 is 0.372 bits per heavy atom. The quantitative estimate of drug-likeness (QED) is 0.0150. The molecule has 5 aliphatic carbocycles. The Bertz CT molecular complexity index is 6180. The molecule has 1 N–H and O–H groups in total. The van der Waals surface area contributed by atoms with E-state index >= 15 is 57.5 Å². The van der Waals surface area contributed by atoms with Gasteiger partial charge in [0.2, 0.25) is 94.5 Å². The Balaban J connectivity index is 0.604. The lowest BCUT2D eigenvalue weighted by molar-refractivity contribution is -0.152. The molecule has 8 aliphatic heterocycles. The summed E-state index contributed by atoms with van der Waals surface area (Å²) in [5.74, 6) is -34.6. The summed E-state index contributed by atoms with van der Waals surface area (Å²) in [7, 11) is 4.05. The summed E-state index contributed by atoms with van der Waals surface area (Å²) < 4.78 is 16.8. The smallest absolute Gasteiger partial charge is 0.343 e. The van der Waals surface area contributed by atoms with Gasteiger partial charge < -0.3 is 19.5 Å². The number of nitrogens with one attached hydrogen (secondary N) is 1. The Morgan fingerprint density at radius 2 is 0.766 bits per heavy atom. The van der Waals surface area contributed by atoms with Crippen LogP contribution in [0.25, 0.3) is 0 Å². The molecular weight excluding hydrogens is 1760 g/mol. The summed E-state index contributed by atoms with van der Waals surface area (Å²) in [4.78, 5) is 309. The molecule has 16 amide bonds. The van der Waals surface area contributed by atoms with Gasteiger partial charge in [-0.1, -0.05) is 103 Å². The number of rotatable bonds is 29. The number of aromatic nitrogens is 1. The van der Waals surface area contributed by atoms with Crippen LogP contribution >= 0.6 is 0 Å². The van der Waals surface area contributed by atoms with Crippen molar-refractivity contribution in [2.45, 2.75) is 180 Å². The molecule has 1 aromatic heterocycles. The summed E-state index contributed by atoms with van der Waals surface area (Å²) in [6, 6.07) is 24.7. The average molecular weight is 1860 g/mol. The number of fused-ring (bicyclic) bond motifs is 20. The minimum Gasteiger partial charge on any atom is -0.465 e. The molecule has 16 unspecified atom stereocenters. The molecule has 33 nitrogen and oxygen atoms in total. The average Bonchev–Trinajstić information content (AvgIpc) is 1.57. The first kappa shape index (κ1) is 92.3. The largest absolute Gasteiger partial charge is 0.465 e. The third-order valence-electron chi connectivity index (χ3n) is 31.8. The van der Waals surface area contributed by atoms with Gasteiger partial charge in [-0.2, -0.15) is 0 Å². The number of pyridine rings is 1. The molecule has 33 heteroatoms. The van der Waals surface area contributed by atoms with Crippen LogP contribution in [0.15, 0.2) is 122 Å². The van der Waals surface area contributed by atoms with Crippen molar-refractivity contribution in [1.29, 1.82) is 0 Å². The lowest BCUT2D eigenvalue weighted by Gasteiger charge is -2.36. The summed E-state index contributed by atoms with van der Waals surface area (Å²) in [6.45, 7) is 4.26. The molecule has 8 bridgehead atoms. The minimum atomic E-state index is -1.46. The van der Waals surface area contributed by atoms with Crippen LogP contribution in [0.5, 0.6) is 5.75 Å². The third-order valence-corrected chi connectivity index (χ3v) is 31.8. The van der Waals surface area contributed by atoms with Gasteiger partial charge in [-0.05, 0) is 196 Å². The van der Waals surface area contributed by atoms with Gasteiger partial charge >= 0.3 is 17.9 Å². The highest BCUT2D eigenvalue weighted by atomic mass is 16.5.